The predicted octanol–water partition coefficient (Wildman–Crippen LogP) is 3.64. The number of fused-ring (bicyclic) bond motifs is 1. The van der Waals surface area contributed by atoms with Crippen LogP contribution in [0.2, 0.25) is 0 Å². The van der Waals surface area contributed by atoms with Crippen molar-refractivity contribution in [2.24, 2.45) is 0 Å². The standard InChI is InChI=1S/C21H21N7S/c1-27-10-12-28(13-11-27)16-6-9-23-19(14-16)26-21-25-18-3-2-17(24-20(18)29-21)15-4-7-22-8-5-15/h2-9,14H,10-13H2,1H3,(H,23,25,26). The number of hydrogen-bond donors (Lipinski definition) is 1. The van der Waals surface area contributed by atoms with Gasteiger partial charge in [-0.3, -0.25) is 4.98 Å². The molecule has 1 fully saturated rings. The van der Waals surface area contributed by atoms with E-state index in [1.165, 1.54) is 17.0 Å². The number of pyridine rings is 3. The van der Waals surface area contributed by atoms with E-state index in [1.54, 1.807) is 12.4 Å². The number of anilines is 3. The average molecular weight is 404 g/mol. The number of nitrogens with one attached hydrogen (secondary N) is 1. The number of hydrogen-bond acceptors (Lipinski definition) is 8. The van der Waals surface area contributed by atoms with Gasteiger partial charge in [0, 0.05) is 62.1 Å². The highest BCUT2D eigenvalue weighted by molar-refractivity contribution is 7.21. The summed E-state index contributed by atoms with van der Waals surface area (Å²) in [4.78, 5) is 23.6. The number of rotatable bonds is 4. The number of thiazole rings is 1. The number of aromatic nitrogens is 4. The third-order valence-electron chi connectivity index (χ3n) is 5.08. The van der Waals surface area contributed by atoms with Crippen LogP contribution in [0.15, 0.2) is 55.0 Å². The quantitative estimate of drug-likeness (QED) is 0.558. The molecule has 1 N–H and O–H groups in total. The molecule has 0 unspecified atom stereocenters. The van der Waals surface area contributed by atoms with Crippen LogP contribution >= 0.6 is 11.3 Å². The van der Waals surface area contributed by atoms with Crippen LogP contribution < -0.4 is 10.2 Å². The first kappa shape index (κ1) is 18.0. The lowest BCUT2D eigenvalue weighted by Crippen LogP contribution is -2.44. The first-order valence-electron chi connectivity index (χ1n) is 9.59. The van der Waals surface area contributed by atoms with Crippen LogP contribution in [0.3, 0.4) is 0 Å². The maximum Gasteiger partial charge on any atom is 0.190 e. The van der Waals surface area contributed by atoms with E-state index in [2.05, 4.69) is 49.2 Å². The van der Waals surface area contributed by atoms with Crippen molar-refractivity contribution in [2.45, 2.75) is 0 Å². The minimum Gasteiger partial charge on any atom is -0.369 e. The van der Waals surface area contributed by atoms with Gasteiger partial charge in [-0.1, -0.05) is 11.3 Å². The van der Waals surface area contributed by atoms with Gasteiger partial charge in [-0.25, -0.2) is 15.0 Å². The highest BCUT2D eigenvalue weighted by atomic mass is 32.1. The molecule has 0 spiro atoms. The van der Waals surface area contributed by atoms with Crippen LogP contribution in [0.5, 0.6) is 0 Å². The molecule has 1 aliphatic heterocycles. The fourth-order valence-electron chi connectivity index (χ4n) is 3.41. The Balaban J connectivity index is 1.37. The molecule has 0 amide bonds. The summed E-state index contributed by atoms with van der Waals surface area (Å²) in [5.74, 6) is 0.801. The Morgan fingerprint density at radius 1 is 0.931 bits per heavy atom. The van der Waals surface area contributed by atoms with E-state index in [0.29, 0.717) is 0 Å². The number of piperazine rings is 1. The molecular formula is C21H21N7S. The zero-order chi connectivity index (χ0) is 19.6. The molecule has 7 nitrogen and oxygen atoms in total. The lowest BCUT2D eigenvalue weighted by molar-refractivity contribution is 0.313. The summed E-state index contributed by atoms with van der Waals surface area (Å²) >= 11 is 1.53. The van der Waals surface area contributed by atoms with Gasteiger partial charge in [-0.2, -0.15) is 0 Å². The summed E-state index contributed by atoms with van der Waals surface area (Å²) in [5, 5.41) is 4.14. The zero-order valence-electron chi connectivity index (χ0n) is 16.1. The summed E-state index contributed by atoms with van der Waals surface area (Å²) in [6.07, 6.45) is 5.41. The van der Waals surface area contributed by atoms with Crippen molar-refractivity contribution in [2.75, 3.05) is 43.4 Å². The Morgan fingerprint density at radius 2 is 1.76 bits per heavy atom. The molecule has 29 heavy (non-hydrogen) atoms. The Bertz CT molecular complexity index is 1120. The first-order valence-corrected chi connectivity index (χ1v) is 10.4. The first-order chi connectivity index (χ1) is 14.2. The van der Waals surface area contributed by atoms with E-state index in [1.807, 2.05) is 30.5 Å². The second-order valence-corrected chi connectivity index (χ2v) is 8.07. The number of likely N-dealkylation sites (N-methyl/N-ethyl adjacent to an activating group) is 1. The largest absolute Gasteiger partial charge is 0.369 e. The van der Waals surface area contributed by atoms with Crippen LogP contribution in [0.4, 0.5) is 16.6 Å². The second kappa shape index (κ2) is 7.73. The summed E-state index contributed by atoms with van der Waals surface area (Å²) in [6.45, 7) is 4.22. The van der Waals surface area contributed by atoms with Gasteiger partial charge < -0.3 is 15.1 Å². The molecule has 0 aromatic carbocycles. The molecule has 5 heterocycles. The van der Waals surface area contributed by atoms with E-state index in [-0.39, 0.29) is 0 Å². The smallest absolute Gasteiger partial charge is 0.190 e. The van der Waals surface area contributed by atoms with Gasteiger partial charge in [0.05, 0.1) is 5.69 Å². The lowest BCUT2D eigenvalue weighted by atomic mass is 10.2. The van der Waals surface area contributed by atoms with Gasteiger partial charge >= 0.3 is 0 Å². The van der Waals surface area contributed by atoms with Crippen molar-refractivity contribution in [3.05, 3.63) is 55.0 Å². The van der Waals surface area contributed by atoms with E-state index >= 15 is 0 Å². The molecule has 4 aromatic rings. The van der Waals surface area contributed by atoms with Crippen LogP contribution in [0, 0.1) is 0 Å². The van der Waals surface area contributed by atoms with Gasteiger partial charge in [0.1, 0.15) is 16.2 Å². The number of nitrogens with zero attached hydrogens (tertiary/aromatic N) is 6. The zero-order valence-corrected chi connectivity index (χ0v) is 16.9. The van der Waals surface area contributed by atoms with Gasteiger partial charge in [-0.15, -0.1) is 0 Å². The van der Waals surface area contributed by atoms with Crippen LogP contribution in [-0.2, 0) is 0 Å². The van der Waals surface area contributed by atoms with Crippen LogP contribution in [0.25, 0.3) is 21.6 Å². The van der Waals surface area contributed by atoms with Crippen molar-refractivity contribution in [3.63, 3.8) is 0 Å². The van der Waals surface area contributed by atoms with E-state index in [0.717, 1.165) is 58.7 Å². The molecule has 0 radical (unpaired) electrons. The topological polar surface area (TPSA) is 70.1 Å². The van der Waals surface area contributed by atoms with Crippen molar-refractivity contribution in [3.8, 4) is 11.3 Å². The molecule has 0 bridgehead atoms. The normalized spacial score (nSPS) is 15.0. The summed E-state index contributed by atoms with van der Waals surface area (Å²) in [5.41, 5.74) is 4.04. The fraction of sp³-hybridized carbons (Fsp3) is 0.238. The van der Waals surface area contributed by atoms with Gasteiger partial charge in [-0.05, 0) is 37.4 Å². The minimum atomic E-state index is 0.794. The van der Waals surface area contributed by atoms with Crippen molar-refractivity contribution in [1.29, 1.82) is 0 Å². The molecule has 4 aromatic heterocycles. The molecule has 1 aliphatic rings. The van der Waals surface area contributed by atoms with Crippen molar-refractivity contribution >= 4 is 38.3 Å². The van der Waals surface area contributed by atoms with Crippen LogP contribution in [0.1, 0.15) is 0 Å². The predicted molar refractivity (Wildman–Crippen MR) is 118 cm³/mol. The summed E-state index contributed by atoms with van der Waals surface area (Å²) in [7, 11) is 2.16. The molecule has 0 atom stereocenters. The average Bonchev–Trinajstić information content (AvgIpc) is 3.16. The fourth-order valence-corrected chi connectivity index (χ4v) is 4.26. The summed E-state index contributed by atoms with van der Waals surface area (Å²) < 4.78 is 0. The second-order valence-electron chi connectivity index (χ2n) is 7.09. The maximum absolute atomic E-state index is 4.76. The van der Waals surface area contributed by atoms with Gasteiger partial charge in [0.2, 0.25) is 0 Å². The molecule has 8 heteroatoms. The molecule has 1 saturated heterocycles. The minimum absolute atomic E-state index is 0.794. The third kappa shape index (κ3) is 3.90. The third-order valence-corrected chi connectivity index (χ3v) is 5.96. The van der Waals surface area contributed by atoms with Gasteiger partial charge in [0.25, 0.3) is 0 Å². The molecular weight excluding hydrogens is 382 g/mol. The highest BCUT2D eigenvalue weighted by Crippen LogP contribution is 2.29. The van der Waals surface area contributed by atoms with Crippen molar-refractivity contribution < 1.29 is 0 Å². The Kier molecular flexibility index (Phi) is 4.79. The monoisotopic (exact) mass is 403 g/mol. The van der Waals surface area contributed by atoms with E-state index < -0.39 is 0 Å². The summed E-state index contributed by atoms with van der Waals surface area (Å²) in [6, 6.07) is 12.1. The maximum atomic E-state index is 4.76. The molecule has 146 valence electrons. The van der Waals surface area contributed by atoms with Crippen molar-refractivity contribution in [1.82, 2.24) is 24.8 Å². The molecule has 0 saturated carbocycles. The van der Waals surface area contributed by atoms with Crippen LogP contribution in [-0.4, -0.2) is 58.1 Å². The van der Waals surface area contributed by atoms with E-state index in [4.69, 9.17) is 4.98 Å². The SMILES string of the molecule is CN1CCN(c2ccnc(Nc3nc4ccc(-c5ccncc5)nc4s3)c2)CC1. The van der Waals surface area contributed by atoms with Gasteiger partial charge in [0.15, 0.2) is 5.13 Å². The Labute approximate surface area is 173 Å². The molecule has 5 rings (SSSR count). The highest BCUT2D eigenvalue weighted by Gasteiger charge is 2.15. The lowest BCUT2D eigenvalue weighted by Gasteiger charge is -2.34. The molecule has 0 aliphatic carbocycles. The Morgan fingerprint density at radius 3 is 2.59 bits per heavy atom. The van der Waals surface area contributed by atoms with E-state index in [9.17, 15) is 0 Å². The Hall–Kier alpha value is -3.10.